The predicted molar refractivity (Wildman–Crippen MR) is 125 cm³/mol. The zero-order chi connectivity index (χ0) is 21.1. The van der Waals surface area contributed by atoms with Crippen LogP contribution in [0.5, 0.6) is 5.75 Å². The Labute approximate surface area is 187 Å². The molecule has 0 spiro atoms. The van der Waals surface area contributed by atoms with E-state index in [9.17, 15) is 8.42 Å². The molecule has 1 aliphatic rings. The van der Waals surface area contributed by atoms with Gasteiger partial charge in [-0.3, -0.25) is 5.32 Å². The Hall–Kier alpha value is -1.56. The number of fused-ring (bicyclic) bond motifs is 1. The minimum atomic E-state index is -3.47. The molecule has 30 heavy (non-hydrogen) atoms. The topological polar surface area (TPSA) is 55.4 Å². The van der Waals surface area contributed by atoms with Gasteiger partial charge in [-0.2, -0.15) is 0 Å². The highest BCUT2D eigenvalue weighted by Crippen LogP contribution is 2.39. The van der Waals surface area contributed by atoms with Crippen LogP contribution in [0.15, 0.2) is 53.4 Å². The van der Waals surface area contributed by atoms with E-state index in [1.165, 1.54) is 0 Å². The highest BCUT2D eigenvalue weighted by Gasteiger charge is 2.41. The summed E-state index contributed by atoms with van der Waals surface area (Å²) < 4.78 is 32.9. The van der Waals surface area contributed by atoms with Crippen molar-refractivity contribution in [1.29, 1.82) is 0 Å². The lowest BCUT2D eigenvalue weighted by atomic mass is 9.88. The number of halogens is 1. The first-order chi connectivity index (χ1) is 13.8. The van der Waals surface area contributed by atoms with E-state index in [2.05, 4.69) is 31.3 Å². The molecule has 0 aliphatic carbocycles. The van der Waals surface area contributed by atoms with Gasteiger partial charge in [-0.05, 0) is 49.9 Å². The van der Waals surface area contributed by atoms with E-state index < -0.39 is 15.4 Å². The normalized spacial score (nSPS) is 22.6. The first-order valence-corrected chi connectivity index (χ1v) is 12.3. The fourth-order valence-corrected chi connectivity index (χ4v) is 6.34. The molecule has 0 aromatic heterocycles. The van der Waals surface area contributed by atoms with E-state index in [-0.39, 0.29) is 30.3 Å². The smallest absolute Gasteiger partial charge is 0.180 e. The van der Waals surface area contributed by atoms with E-state index >= 15 is 0 Å². The van der Waals surface area contributed by atoms with E-state index in [4.69, 9.17) is 4.74 Å². The van der Waals surface area contributed by atoms with Gasteiger partial charge >= 0.3 is 0 Å². The second-order valence-electron chi connectivity index (χ2n) is 8.35. The minimum Gasteiger partial charge on any atom is -0.491 e. The first kappa shape index (κ1) is 24.7. The summed E-state index contributed by atoms with van der Waals surface area (Å²) in [6.45, 7) is 8.12. The van der Waals surface area contributed by atoms with Crippen molar-refractivity contribution in [3.05, 3.63) is 59.7 Å². The quantitative estimate of drug-likeness (QED) is 0.586. The Morgan fingerprint density at radius 2 is 1.83 bits per heavy atom. The molecule has 1 aliphatic heterocycles. The molecule has 3 rings (SSSR count). The third kappa shape index (κ3) is 5.37. The van der Waals surface area contributed by atoms with Crippen LogP contribution in [-0.2, 0) is 9.84 Å². The maximum atomic E-state index is 13.5. The summed E-state index contributed by atoms with van der Waals surface area (Å²) in [4.78, 5) is 0.392. The maximum absolute atomic E-state index is 13.5. The van der Waals surface area contributed by atoms with Crippen LogP contribution in [-0.4, -0.2) is 25.8 Å². The van der Waals surface area contributed by atoms with Crippen molar-refractivity contribution < 1.29 is 13.2 Å². The van der Waals surface area contributed by atoms with Gasteiger partial charge in [0, 0.05) is 5.54 Å². The van der Waals surface area contributed by atoms with Crippen LogP contribution in [0, 0.1) is 0 Å². The summed E-state index contributed by atoms with van der Waals surface area (Å²) in [6.07, 6.45) is 3.63. The number of sulfone groups is 1. The average Bonchev–Trinajstić information content (AvgIpc) is 2.79. The number of unbranched alkanes of at least 4 members (excludes halogenated alkanes) is 1. The molecule has 0 fully saturated rings. The number of hydrogen-bond donors (Lipinski definition) is 1. The molecule has 6 heteroatoms. The Balaban J connectivity index is 0.00000320. The molecular weight excluding hydrogens is 418 g/mol. The largest absolute Gasteiger partial charge is 0.491 e. The zero-order valence-electron chi connectivity index (χ0n) is 18.4. The van der Waals surface area contributed by atoms with Crippen LogP contribution < -0.4 is 10.1 Å². The van der Waals surface area contributed by atoms with Crippen molar-refractivity contribution in [3.8, 4) is 5.75 Å². The summed E-state index contributed by atoms with van der Waals surface area (Å²) in [5, 5.41) is 3.78. The number of benzene rings is 2. The van der Waals surface area contributed by atoms with Gasteiger partial charge in [0.25, 0.3) is 0 Å². The first-order valence-electron chi connectivity index (χ1n) is 10.7. The van der Waals surface area contributed by atoms with Crippen LogP contribution in [0.25, 0.3) is 0 Å². The van der Waals surface area contributed by atoms with Crippen molar-refractivity contribution >= 4 is 22.2 Å². The van der Waals surface area contributed by atoms with E-state index in [1.54, 1.807) is 6.07 Å². The average molecular weight is 452 g/mol. The zero-order valence-corrected chi connectivity index (χ0v) is 20.0. The molecule has 0 saturated carbocycles. The summed E-state index contributed by atoms with van der Waals surface area (Å²) in [5.74, 6) is 0.713. The molecule has 2 aromatic carbocycles. The molecule has 2 aromatic rings. The van der Waals surface area contributed by atoms with Gasteiger partial charge in [0.2, 0.25) is 0 Å². The Bertz CT molecular complexity index is 931. The van der Waals surface area contributed by atoms with Gasteiger partial charge in [0.15, 0.2) is 9.84 Å². The molecule has 4 nitrogen and oxygen atoms in total. The molecule has 0 saturated heterocycles. The Kier molecular flexibility index (Phi) is 8.37. The SMILES string of the molecule is CCCC[C@@]1(CC)CS(=O)(=O)c2cc(OC(C)C)ccc2[C@H](c2ccccc2)N1.Cl. The molecule has 2 atom stereocenters. The minimum absolute atomic E-state index is 0. The van der Waals surface area contributed by atoms with Gasteiger partial charge in [-0.15, -0.1) is 12.4 Å². The number of nitrogens with one attached hydrogen (secondary N) is 1. The summed E-state index contributed by atoms with van der Waals surface area (Å²) in [5.41, 5.74) is 1.44. The second kappa shape index (κ2) is 10.2. The monoisotopic (exact) mass is 451 g/mol. The van der Waals surface area contributed by atoms with Gasteiger partial charge in [0.1, 0.15) is 5.75 Å². The van der Waals surface area contributed by atoms with Crippen LogP contribution in [0.3, 0.4) is 0 Å². The van der Waals surface area contributed by atoms with E-state index in [0.29, 0.717) is 10.6 Å². The van der Waals surface area contributed by atoms with Crippen molar-refractivity contribution in [3.63, 3.8) is 0 Å². The van der Waals surface area contributed by atoms with Crippen molar-refractivity contribution in [2.24, 2.45) is 0 Å². The molecule has 0 amide bonds. The number of ether oxygens (including phenoxy) is 1. The van der Waals surface area contributed by atoms with Crippen molar-refractivity contribution in [2.75, 3.05) is 5.75 Å². The summed E-state index contributed by atoms with van der Waals surface area (Å²) in [7, 11) is -3.47. The lowest BCUT2D eigenvalue weighted by Crippen LogP contribution is -2.50. The highest BCUT2D eigenvalue weighted by atomic mass is 35.5. The van der Waals surface area contributed by atoms with E-state index in [0.717, 1.165) is 36.8 Å². The van der Waals surface area contributed by atoms with Crippen LogP contribution in [0.2, 0.25) is 0 Å². The maximum Gasteiger partial charge on any atom is 0.180 e. The molecule has 166 valence electrons. The fourth-order valence-electron chi connectivity index (χ4n) is 4.18. The van der Waals surface area contributed by atoms with Gasteiger partial charge in [-0.1, -0.05) is 63.1 Å². The molecule has 0 radical (unpaired) electrons. The number of hydrogen-bond acceptors (Lipinski definition) is 4. The third-order valence-corrected chi connectivity index (χ3v) is 7.69. The van der Waals surface area contributed by atoms with Crippen molar-refractivity contribution in [1.82, 2.24) is 5.32 Å². The predicted octanol–water partition coefficient (Wildman–Crippen LogP) is 5.70. The lowest BCUT2D eigenvalue weighted by Gasteiger charge is -2.35. The van der Waals surface area contributed by atoms with Crippen LogP contribution in [0.1, 0.15) is 70.5 Å². The molecule has 0 bridgehead atoms. The van der Waals surface area contributed by atoms with Gasteiger partial charge < -0.3 is 4.74 Å². The highest BCUT2D eigenvalue weighted by molar-refractivity contribution is 7.91. The molecule has 1 N–H and O–H groups in total. The molecule has 0 unspecified atom stereocenters. The Morgan fingerprint density at radius 3 is 2.43 bits per heavy atom. The van der Waals surface area contributed by atoms with Crippen molar-refractivity contribution in [2.45, 2.75) is 76.0 Å². The molecular formula is C24H34ClNO3S. The van der Waals surface area contributed by atoms with Crippen LogP contribution >= 0.6 is 12.4 Å². The summed E-state index contributed by atoms with van der Waals surface area (Å²) in [6, 6.07) is 15.5. The van der Waals surface area contributed by atoms with Gasteiger partial charge in [0.05, 0.1) is 22.8 Å². The second-order valence-corrected chi connectivity index (χ2v) is 10.3. The fraction of sp³-hybridized carbons (Fsp3) is 0.500. The number of rotatable bonds is 7. The standard InChI is InChI=1S/C24H33NO3S.ClH/c1-5-7-15-24(6-2)17-29(26,27)22-16-20(28-18(3)4)13-14-21(22)23(25-24)19-11-9-8-10-12-19;/h8-14,16,18,23,25H,5-7,15,17H2,1-4H3;1H/t23-,24-;/m0./s1. The lowest BCUT2D eigenvalue weighted by molar-refractivity contribution is 0.241. The van der Waals surface area contributed by atoms with Gasteiger partial charge in [-0.25, -0.2) is 8.42 Å². The molecule has 1 heterocycles. The summed E-state index contributed by atoms with van der Waals surface area (Å²) >= 11 is 0. The Morgan fingerprint density at radius 1 is 1.13 bits per heavy atom. The van der Waals surface area contributed by atoms with Crippen LogP contribution in [0.4, 0.5) is 0 Å². The van der Waals surface area contributed by atoms with E-state index in [1.807, 2.05) is 44.2 Å². The third-order valence-electron chi connectivity index (χ3n) is 5.74.